The van der Waals surface area contributed by atoms with Gasteiger partial charge in [-0.15, -0.1) is 0 Å². The Morgan fingerprint density at radius 1 is 1.50 bits per heavy atom. The molecule has 2 heterocycles. The highest BCUT2D eigenvalue weighted by Crippen LogP contribution is 2.12. The summed E-state index contributed by atoms with van der Waals surface area (Å²) in [6.45, 7) is 5.45. The van der Waals surface area contributed by atoms with Gasteiger partial charge in [0.1, 0.15) is 6.20 Å². The molecular weight excluding hydrogens is 264 g/mol. The Kier molecular flexibility index (Phi) is 4.33. The van der Waals surface area contributed by atoms with Gasteiger partial charge in [-0.1, -0.05) is 0 Å². The summed E-state index contributed by atoms with van der Waals surface area (Å²) >= 11 is 0. The highest BCUT2D eigenvalue weighted by Gasteiger charge is 2.25. The van der Waals surface area contributed by atoms with E-state index in [1.807, 2.05) is 13.8 Å². The van der Waals surface area contributed by atoms with E-state index in [1.54, 1.807) is 9.47 Å². The lowest BCUT2D eigenvalue weighted by Gasteiger charge is -2.35. The molecule has 1 amide bonds. The number of amides is 1. The monoisotopic (exact) mass is 282 g/mol. The zero-order chi connectivity index (χ0) is 14.7. The van der Waals surface area contributed by atoms with Gasteiger partial charge in [0.15, 0.2) is 0 Å². The topological polar surface area (TPSA) is 90.5 Å². The zero-order valence-corrected chi connectivity index (χ0v) is 11.6. The van der Waals surface area contributed by atoms with E-state index in [0.717, 1.165) is 0 Å². The van der Waals surface area contributed by atoms with Crippen LogP contribution in [0.3, 0.4) is 0 Å². The number of aryl methyl sites for hydroxylation is 1. The molecule has 2 rings (SSSR count). The number of carbonyl (C=O) groups excluding carboxylic acids is 1. The highest BCUT2D eigenvalue weighted by atomic mass is 16.6. The van der Waals surface area contributed by atoms with Crippen molar-refractivity contribution < 1.29 is 14.5 Å². The minimum atomic E-state index is -0.552. The van der Waals surface area contributed by atoms with E-state index < -0.39 is 4.92 Å². The number of hydrogen-bond donors (Lipinski definition) is 0. The van der Waals surface area contributed by atoms with Crippen LogP contribution in [0, 0.1) is 10.1 Å². The number of imidazole rings is 1. The molecule has 0 N–H and O–H groups in total. The van der Waals surface area contributed by atoms with E-state index in [-0.39, 0.29) is 23.9 Å². The summed E-state index contributed by atoms with van der Waals surface area (Å²) in [7, 11) is 0. The van der Waals surface area contributed by atoms with Crippen LogP contribution >= 0.6 is 0 Å². The minimum absolute atomic E-state index is 0.0309. The van der Waals surface area contributed by atoms with Gasteiger partial charge in [-0.3, -0.25) is 4.79 Å². The Labute approximate surface area is 116 Å². The van der Waals surface area contributed by atoms with Crippen molar-refractivity contribution in [3.05, 3.63) is 22.6 Å². The average molecular weight is 282 g/mol. The Hall–Kier alpha value is -1.96. The summed E-state index contributed by atoms with van der Waals surface area (Å²) in [6, 6.07) is 0. The van der Waals surface area contributed by atoms with Crippen molar-refractivity contribution in [1.29, 1.82) is 0 Å². The summed E-state index contributed by atoms with van der Waals surface area (Å²) in [5, 5.41) is 10.5. The predicted molar refractivity (Wildman–Crippen MR) is 70.1 cm³/mol. The van der Waals surface area contributed by atoms with Crippen LogP contribution in [0.4, 0.5) is 5.82 Å². The first-order valence-corrected chi connectivity index (χ1v) is 6.55. The Bertz CT molecular complexity index is 491. The van der Waals surface area contributed by atoms with Crippen LogP contribution in [-0.2, 0) is 16.1 Å². The minimum Gasteiger partial charge on any atom is -0.372 e. The first-order valence-electron chi connectivity index (χ1n) is 6.55. The highest BCUT2D eigenvalue weighted by molar-refractivity contribution is 5.76. The van der Waals surface area contributed by atoms with E-state index in [1.165, 1.54) is 12.5 Å². The van der Waals surface area contributed by atoms with Crippen molar-refractivity contribution in [3.8, 4) is 0 Å². The molecule has 2 unspecified atom stereocenters. The number of nitro groups is 1. The van der Waals surface area contributed by atoms with Crippen LogP contribution in [-0.4, -0.2) is 50.6 Å². The SMILES string of the molecule is CC1CN(C(=O)CCn2cnc([N+](=O)[O-])c2)CC(C)O1. The number of nitrogens with zero attached hydrogens (tertiary/aromatic N) is 4. The number of aromatic nitrogens is 2. The van der Waals surface area contributed by atoms with Gasteiger partial charge in [0.2, 0.25) is 12.2 Å². The van der Waals surface area contributed by atoms with Crippen molar-refractivity contribution in [2.24, 2.45) is 0 Å². The molecule has 0 radical (unpaired) electrons. The van der Waals surface area contributed by atoms with Gasteiger partial charge in [-0.25, -0.2) is 0 Å². The van der Waals surface area contributed by atoms with Gasteiger partial charge < -0.3 is 24.3 Å². The lowest BCUT2D eigenvalue weighted by Crippen LogP contribution is -2.48. The summed E-state index contributed by atoms with van der Waals surface area (Å²) in [6.07, 6.45) is 3.08. The average Bonchev–Trinajstić information content (AvgIpc) is 2.83. The Morgan fingerprint density at radius 3 is 2.70 bits per heavy atom. The van der Waals surface area contributed by atoms with Crippen LogP contribution < -0.4 is 0 Å². The fraction of sp³-hybridized carbons (Fsp3) is 0.667. The van der Waals surface area contributed by atoms with E-state index in [9.17, 15) is 14.9 Å². The molecule has 1 aromatic rings. The van der Waals surface area contributed by atoms with Crippen molar-refractivity contribution in [2.75, 3.05) is 13.1 Å². The van der Waals surface area contributed by atoms with Gasteiger partial charge in [0.25, 0.3) is 0 Å². The smallest absolute Gasteiger partial charge is 0.372 e. The summed E-state index contributed by atoms with van der Waals surface area (Å²) in [5.74, 6) is -0.172. The maximum Gasteiger partial charge on any atom is 0.381 e. The molecule has 0 aromatic carbocycles. The lowest BCUT2D eigenvalue weighted by molar-refractivity contribution is -0.389. The van der Waals surface area contributed by atoms with Gasteiger partial charge in [-0.2, -0.15) is 0 Å². The Morgan fingerprint density at radius 2 is 2.15 bits per heavy atom. The van der Waals surface area contributed by atoms with E-state index in [4.69, 9.17) is 4.74 Å². The second-order valence-electron chi connectivity index (χ2n) is 5.03. The van der Waals surface area contributed by atoms with Gasteiger partial charge in [0, 0.05) is 26.1 Å². The third-order valence-corrected chi connectivity index (χ3v) is 3.16. The predicted octanol–water partition coefficient (Wildman–Crippen LogP) is 0.817. The molecule has 20 heavy (non-hydrogen) atoms. The quantitative estimate of drug-likeness (QED) is 0.602. The first kappa shape index (κ1) is 14.4. The van der Waals surface area contributed by atoms with E-state index in [2.05, 4.69) is 4.98 Å². The summed E-state index contributed by atoms with van der Waals surface area (Å²) < 4.78 is 7.13. The van der Waals surface area contributed by atoms with Gasteiger partial charge in [0.05, 0.1) is 12.2 Å². The number of morpholine rings is 1. The molecular formula is C12H18N4O4. The van der Waals surface area contributed by atoms with Gasteiger partial charge >= 0.3 is 5.82 Å². The third kappa shape index (κ3) is 3.53. The number of ether oxygens (including phenoxy) is 1. The van der Waals surface area contributed by atoms with Crippen molar-refractivity contribution in [3.63, 3.8) is 0 Å². The van der Waals surface area contributed by atoms with Crippen LogP contribution in [0.15, 0.2) is 12.5 Å². The first-order chi connectivity index (χ1) is 9.45. The fourth-order valence-electron chi connectivity index (χ4n) is 2.33. The summed E-state index contributed by atoms with van der Waals surface area (Å²) in [5.41, 5.74) is 0. The molecule has 1 fully saturated rings. The van der Waals surface area contributed by atoms with Gasteiger partial charge in [-0.05, 0) is 23.8 Å². The molecule has 2 atom stereocenters. The maximum absolute atomic E-state index is 12.1. The Balaban J connectivity index is 1.86. The molecule has 1 aliphatic heterocycles. The van der Waals surface area contributed by atoms with Crippen molar-refractivity contribution >= 4 is 11.7 Å². The maximum atomic E-state index is 12.1. The molecule has 1 aliphatic rings. The fourth-order valence-corrected chi connectivity index (χ4v) is 2.33. The normalized spacial score (nSPS) is 22.8. The molecule has 0 saturated carbocycles. The second-order valence-corrected chi connectivity index (χ2v) is 5.03. The molecule has 1 aromatic heterocycles. The molecule has 8 heteroatoms. The van der Waals surface area contributed by atoms with Crippen molar-refractivity contribution in [2.45, 2.75) is 39.0 Å². The molecule has 110 valence electrons. The van der Waals surface area contributed by atoms with Crippen molar-refractivity contribution in [1.82, 2.24) is 14.5 Å². The lowest BCUT2D eigenvalue weighted by atomic mass is 10.2. The molecule has 0 spiro atoms. The standard InChI is InChI=1S/C12H18N4O4/c1-9-5-15(6-10(2)20-9)12(17)3-4-14-7-11(13-8-14)16(18)19/h7-10H,3-6H2,1-2H3. The second kappa shape index (κ2) is 6.00. The van der Waals surface area contributed by atoms with E-state index in [0.29, 0.717) is 26.1 Å². The zero-order valence-electron chi connectivity index (χ0n) is 11.6. The van der Waals surface area contributed by atoms with Crippen LogP contribution in [0.2, 0.25) is 0 Å². The van der Waals surface area contributed by atoms with Crippen LogP contribution in [0.5, 0.6) is 0 Å². The number of hydrogen-bond acceptors (Lipinski definition) is 5. The largest absolute Gasteiger partial charge is 0.381 e. The number of rotatable bonds is 4. The molecule has 8 nitrogen and oxygen atoms in total. The van der Waals surface area contributed by atoms with E-state index >= 15 is 0 Å². The van der Waals surface area contributed by atoms with Crippen LogP contribution in [0.1, 0.15) is 20.3 Å². The third-order valence-electron chi connectivity index (χ3n) is 3.16. The van der Waals surface area contributed by atoms with Crippen LogP contribution in [0.25, 0.3) is 0 Å². The molecule has 0 aliphatic carbocycles. The molecule has 1 saturated heterocycles. The number of carbonyl (C=O) groups is 1. The summed E-state index contributed by atoms with van der Waals surface area (Å²) in [4.78, 5) is 27.5. The molecule has 0 bridgehead atoms.